The van der Waals surface area contributed by atoms with Crippen LogP contribution >= 0.6 is 7.82 Å². The second kappa shape index (κ2) is 7.71. The highest BCUT2D eigenvalue weighted by atomic mass is 31.2. The smallest absolute Gasteiger partial charge is 0.466 e. The quantitative estimate of drug-likeness (QED) is 0.205. The van der Waals surface area contributed by atoms with E-state index in [1.807, 2.05) is 6.92 Å². The van der Waals surface area contributed by atoms with Crippen LogP contribution in [-0.2, 0) is 14.1 Å². The van der Waals surface area contributed by atoms with E-state index in [-0.39, 0.29) is 0 Å². The lowest BCUT2D eigenvalue weighted by Gasteiger charge is -2.32. The number of cyclic esters (lactones) is 1. The molecule has 0 fully saturated rings. The number of ether oxygens (including phenoxy) is 1. The van der Waals surface area contributed by atoms with E-state index >= 15 is 0 Å². The molecule has 0 radical (unpaired) electrons. The van der Waals surface area contributed by atoms with Crippen LogP contribution in [0.25, 0.3) is 0 Å². The van der Waals surface area contributed by atoms with E-state index in [0.29, 0.717) is 13.0 Å². The van der Waals surface area contributed by atoms with Crippen LogP contribution < -0.4 is 5.32 Å². The molecule has 0 bridgehead atoms. The third-order valence-corrected chi connectivity index (χ3v) is 2.30. The van der Waals surface area contributed by atoms with Crippen LogP contribution in [0, 0.1) is 0 Å². The van der Waals surface area contributed by atoms with E-state index in [2.05, 4.69) is 5.32 Å². The van der Waals surface area contributed by atoms with Crippen LogP contribution in [0.4, 0.5) is 0 Å². The molecule has 1 heterocycles. The van der Waals surface area contributed by atoms with Crippen molar-refractivity contribution in [1.29, 1.82) is 0 Å². The lowest BCUT2D eigenvalue weighted by molar-refractivity contribution is -0.169. The summed E-state index contributed by atoms with van der Waals surface area (Å²) in [5, 5.41) is 39.7. The predicted octanol–water partition coefficient (Wildman–Crippen LogP) is -2.01. The third kappa shape index (κ3) is 5.59. The zero-order chi connectivity index (χ0) is 16.8. The van der Waals surface area contributed by atoms with E-state index in [0.717, 1.165) is 0 Å². The van der Waals surface area contributed by atoms with E-state index in [1.54, 1.807) is 0 Å². The van der Waals surface area contributed by atoms with Gasteiger partial charge in [-0.3, -0.25) is 5.32 Å². The van der Waals surface area contributed by atoms with Gasteiger partial charge in [-0.15, -0.1) is 0 Å². The van der Waals surface area contributed by atoms with E-state index < -0.39 is 43.7 Å². The summed E-state index contributed by atoms with van der Waals surface area (Å²) in [7, 11) is -4.64. The molecule has 11 nitrogen and oxygen atoms in total. The average Bonchev–Trinajstić information content (AvgIpc) is 2.59. The fraction of sp³-hybridized carbons (Fsp3) is 0.667. The molecule has 0 spiro atoms. The molecular formula is C9H18NO10P. The second-order valence-corrected chi connectivity index (χ2v) is 4.99. The van der Waals surface area contributed by atoms with Gasteiger partial charge in [0.1, 0.15) is 6.10 Å². The minimum Gasteiger partial charge on any atom is -0.504 e. The summed E-state index contributed by atoms with van der Waals surface area (Å²) in [5.41, 5.74) is -1.95. The number of carbonyl (C=O) groups is 1. The number of aliphatic hydroxyl groups excluding tert-OH is 4. The summed E-state index contributed by atoms with van der Waals surface area (Å²) >= 11 is 0. The number of esters is 1. The molecule has 1 aliphatic heterocycles. The molecule has 8 N–H and O–H groups in total. The Morgan fingerprint density at radius 1 is 1.33 bits per heavy atom. The molecule has 0 aromatic heterocycles. The number of phosphoric acid groups is 1. The zero-order valence-corrected chi connectivity index (χ0v) is 11.9. The van der Waals surface area contributed by atoms with Crippen molar-refractivity contribution in [2.24, 2.45) is 0 Å². The first-order chi connectivity index (χ1) is 9.49. The van der Waals surface area contributed by atoms with E-state index in [4.69, 9.17) is 34.2 Å². The van der Waals surface area contributed by atoms with Crippen molar-refractivity contribution in [1.82, 2.24) is 5.32 Å². The minimum absolute atomic E-state index is 0.321. The molecule has 2 atom stereocenters. The standard InChI is InChI=1S/C9H15NO6.H3O4P/c1-2-3-10-9(5(12)4-11)7(14)6(13)8(15)16-9;1-5(2,3)4/h5,10-14H,2-4H2,1H3;(H3,1,2,3,4)/t5-,9+;/m0./s1. The fourth-order valence-electron chi connectivity index (χ4n) is 1.42. The zero-order valence-electron chi connectivity index (χ0n) is 11.0. The molecule has 0 unspecified atom stereocenters. The lowest BCUT2D eigenvalue weighted by Crippen LogP contribution is -2.58. The maximum atomic E-state index is 11.1. The van der Waals surface area contributed by atoms with Gasteiger partial charge in [-0.1, -0.05) is 6.92 Å². The summed E-state index contributed by atoms with van der Waals surface area (Å²) in [6.07, 6.45) is -0.918. The van der Waals surface area contributed by atoms with Gasteiger partial charge in [0.25, 0.3) is 5.72 Å². The molecule has 1 rings (SSSR count). The first kappa shape index (κ1) is 19.8. The van der Waals surface area contributed by atoms with Gasteiger partial charge in [-0.25, -0.2) is 9.36 Å². The van der Waals surface area contributed by atoms with E-state index in [1.165, 1.54) is 0 Å². The van der Waals surface area contributed by atoms with Crippen molar-refractivity contribution in [2.45, 2.75) is 25.2 Å². The first-order valence-corrected chi connectivity index (χ1v) is 7.24. The first-order valence-electron chi connectivity index (χ1n) is 5.67. The molecule has 21 heavy (non-hydrogen) atoms. The maximum Gasteiger partial charge on any atom is 0.466 e. The Kier molecular flexibility index (Phi) is 7.27. The normalized spacial score (nSPS) is 23.4. The maximum absolute atomic E-state index is 11.1. The molecule has 0 amide bonds. The molecule has 124 valence electrons. The molecule has 0 aromatic carbocycles. The Morgan fingerprint density at radius 3 is 2.10 bits per heavy atom. The highest BCUT2D eigenvalue weighted by Gasteiger charge is 2.53. The number of carbonyl (C=O) groups excluding carboxylic acids is 1. The van der Waals surface area contributed by atoms with Crippen LogP contribution in [0.3, 0.4) is 0 Å². The van der Waals surface area contributed by atoms with Gasteiger partial charge in [0.05, 0.1) is 6.61 Å². The summed E-state index contributed by atoms with van der Waals surface area (Å²) in [4.78, 5) is 32.6. The van der Waals surface area contributed by atoms with Crippen molar-refractivity contribution in [3.63, 3.8) is 0 Å². The monoisotopic (exact) mass is 331 g/mol. The van der Waals surface area contributed by atoms with Gasteiger partial charge in [0.2, 0.25) is 11.5 Å². The number of rotatable bonds is 5. The van der Waals surface area contributed by atoms with Crippen LogP contribution in [0.5, 0.6) is 0 Å². The average molecular weight is 331 g/mol. The Hall–Kier alpha value is -1.20. The van der Waals surface area contributed by atoms with Crippen LogP contribution in [0.2, 0.25) is 0 Å². The summed E-state index contributed by atoms with van der Waals surface area (Å²) in [6, 6.07) is 0. The van der Waals surface area contributed by atoms with Crippen molar-refractivity contribution < 1.29 is 49.2 Å². The predicted molar refractivity (Wildman–Crippen MR) is 66.8 cm³/mol. The lowest BCUT2D eigenvalue weighted by atomic mass is 10.1. The van der Waals surface area contributed by atoms with Crippen molar-refractivity contribution in [2.75, 3.05) is 13.2 Å². The van der Waals surface area contributed by atoms with Crippen molar-refractivity contribution in [3.8, 4) is 0 Å². The molecule has 1 aliphatic rings. The van der Waals surface area contributed by atoms with Crippen LogP contribution in [0.1, 0.15) is 13.3 Å². The minimum atomic E-state index is -4.64. The fourth-order valence-corrected chi connectivity index (χ4v) is 1.42. The SMILES string of the molecule is CCCN[C@]1([C@@H](O)CO)OC(=O)C(O)=C1O.O=P(O)(O)O. The topological polar surface area (TPSA) is 197 Å². The number of hydrogen-bond donors (Lipinski definition) is 8. The highest BCUT2D eigenvalue weighted by molar-refractivity contribution is 7.45. The number of nitrogens with one attached hydrogen (secondary N) is 1. The van der Waals surface area contributed by atoms with Crippen molar-refractivity contribution >= 4 is 13.8 Å². The summed E-state index contributed by atoms with van der Waals surface area (Å²) in [6.45, 7) is 1.41. The Morgan fingerprint density at radius 2 is 1.81 bits per heavy atom. The van der Waals surface area contributed by atoms with Crippen molar-refractivity contribution in [3.05, 3.63) is 11.5 Å². The number of aliphatic hydroxyl groups is 4. The molecular weight excluding hydrogens is 313 g/mol. The molecule has 0 saturated heterocycles. The summed E-state index contributed by atoms with van der Waals surface area (Å²) < 4.78 is 13.6. The molecule has 0 aliphatic carbocycles. The largest absolute Gasteiger partial charge is 0.504 e. The van der Waals surface area contributed by atoms with Gasteiger partial charge in [-0.2, -0.15) is 0 Å². The van der Waals surface area contributed by atoms with Gasteiger partial charge < -0.3 is 39.8 Å². The van der Waals surface area contributed by atoms with Crippen LogP contribution in [0.15, 0.2) is 11.5 Å². The van der Waals surface area contributed by atoms with E-state index in [9.17, 15) is 15.0 Å². The van der Waals surface area contributed by atoms with Gasteiger partial charge in [0, 0.05) is 0 Å². The van der Waals surface area contributed by atoms with Gasteiger partial charge >= 0.3 is 13.8 Å². The Balaban J connectivity index is 0.000000690. The highest BCUT2D eigenvalue weighted by Crippen LogP contribution is 2.30. The van der Waals surface area contributed by atoms with Crippen LogP contribution in [-0.4, -0.2) is 66.1 Å². The molecule has 12 heteroatoms. The Bertz CT molecular complexity index is 438. The molecule has 0 aromatic rings. The molecule has 0 saturated carbocycles. The Labute approximate surface area is 119 Å². The third-order valence-electron chi connectivity index (χ3n) is 2.30. The summed E-state index contributed by atoms with van der Waals surface area (Å²) in [5.74, 6) is -2.92. The van der Waals surface area contributed by atoms with Gasteiger partial charge in [0.15, 0.2) is 0 Å². The number of hydrogen-bond acceptors (Lipinski definition) is 8. The second-order valence-electron chi connectivity index (χ2n) is 3.96. The van der Waals surface area contributed by atoms with Gasteiger partial charge in [-0.05, 0) is 13.0 Å².